The molecule has 1 aromatic carbocycles. The molecule has 132 valence electrons. The maximum atomic E-state index is 12.1. The van der Waals surface area contributed by atoms with E-state index in [1.54, 1.807) is 13.8 Å². The molecule has 0 radical (unpaired) electrons. The molecule has 1 aromatic rings. The molecule has 0 aliphatic carbocycles. The summed E-state index contributed by atoms with van der Waals surface area (Å²) in [6, 6.07) is 9.52. The van der Waals surface area contributed by atoms with Crippen LogP contribution in [0.15, 0.2) is 30.3 Å². The van der Waals surface area contributed by atoms with Crippen molar-refractivity contribution in [2.45, 2.75) is 39.2 Å². The molecular formula is C23H22O3. The Kier molecular flexibility index (Phi) is 8.06. The van der Waals surface area contributed by atoms with E-state index in [1.807, 2.05) is 30.3 Å². The van der Waals surface area contributed by atoms with Crippen molar-refractivity contribution in [2.24, 2.45) is 5.41 Å². The van der Waals surface area contributed by atoms with Gasteiger partial charge in [0, 0.05) is 18.4 Å². The second kappa shape index (κ2) is 10.0. The summed E-state index contributed by atoms with van der Waals surface area (Å²) < 4.78 is 4.87. The lowest BCUT2D eigenvalue weighted by molar-refractivity contribution is -0.151. The lowest BCUT2D eigenvalue weighted by Gasteiger charge is -2.21. The largest absolute Gasteiger partial charge is 0.469 e. The van der Waals surface area contributed by atoms with Gasteiger partial charge in [-0.3, -0.25) is 4.79 Å². The minimum absolute atomic E-state index is 0.196. The molecule has 0 amide bonds. The highest BCUT2D eigenvalue weighted by Gasteiger charge is 2.33. The first kappa shape index (κ1) is 20.9. The quantitative estimate of drug-likeness (QED) is 0.676. The SMILES string of the molecule is CC#CC(C)(O)C#CCC(C)(CC#CC#Cc1ccccc1)C(=O)OC. The first-order chi connectivity index (χ1) is 12.3. The second-order valence-electron chi connectivity index (χ2n) is 6.07. The zero-order valence-electron chi connectivity index (χ0n) is 15.6. The van der Waals surface area contributed by atoms with Gasteiger partial charge in [-0.2, -0.15) is 0 Å². The third-order valence-corrected chi connectivity index (χ3v) is 3.47. The fourth-order valence-corrected chi connectivity index (χ4v) is 2.05. The standard InChI is InChI=1S/C23H22O3/c1-5-16-23(3,25)19-12-18-22(2,21(24)26-4)17-11-7-10-15-20-13-8-6-9-14-20/h6,8-9,13-14,25H,17-18H2,1-4H3. The van der Waals surface area contributed by atoms with Crippen LogP contribution >= 0.6 is 0 Å². The molecule has 3 heteroatoms. The van der Waals surface area contributed by atoms with Gasteiger partial charge in [0.1, 0.15) is 0 Å². The van der Waals surface area contributed by atoms with Gasteiger partial charge < -0.3 is 9.84 Å². The van der Waals surface area contributed by atoms with E-state index in [4.69, 9.17) is 4.74 Å². The number of carbonyl (C=O) groups is 1. The van der Waals surface area contributed by atoms with Crippen molar-refractivity contribution in [2.75, 3.05) is 7.11 Å². The van der Waals surface area contributed by atoms with Crippen LogP contribution in [0, 0.1) is 52.8 Å². The number of rotatable bonds is 3. The van der Waals surface area contributed by atoms with Crippen LogP contribution in [0.25, 0.3) is 0 Å². The monoisotopic (exact) mass is 346 g/mol. The summed E-state index contributed by atoms with van der Waals surface area (Å²) in [7, 11) is 1.33. The molecule has 2 atom stereocenters. The first-order valence-electron chi connectivity index (χ1n) is 8.12. The van der Waals surface area contributed by atoms with Gasteiger partial charge in [0.15, 0.2) is 5.60 Å². The number of carbonyl (C=O) groups excluding carboxylic acids is 1. The van der Waals surface area contributed by atoms with Crippen LogP contribution in [0.5, 0.6) is 0 Å². The highest BCUT2D eigenvalue weighted by molar-refractivity contribution is 5.77. The maximum absolute atomic E-state index is 12.1. The highest BCUT2D eigenvalue weighted by atomic mass is 16.5. The van der Waals surface area contributed by atoms with Gasteiger partial charge in [0.05, 0.1) is 12.5 Å². The Labute approximate surface area is 156 Å². The number of methoxy groups -OCH3 is 1. The summed E-state index contributed by atoms with van der Waals surface area (Å²) in [5.41, 5.74) is -1.43. The van der Waals surface area contributed by atoms with Crippen molar-refractivity contribution in [3.63, 3.8) is 0 Å². The van der Waals surface area contributed by atoms with Gasteiger partial charge in [-0.15, -0.1) is 5.92 Å². The Bertz CT molecular complexity index is 866. The van der Waals surface area contributed by atoms with E-state index in [0.717, 1.165) is 5.56 Å². The Balaban J connectivity index is 2.86. The van der Waals surface area contributed by atoms with Crippen molar-refractivity contribution < 1.29 is 14.6 Å². The minimum Gasteiger partial charge on any atom is -0.469 e. The summed E-state index contributed by atoms with van der Waals surface area (Å²) in [5.74, 6) is 21.7. The molecule has 0 fully saturated rings. The fraction of sp³-hybridized carbons (Fsp3) is 0.348. The average molecular weight is 346 g/mol. The highest BCUT2D eigenvalue weighted by Crippen LogP contribution is 2.26. The number of aliphatic hydroxyl groups is 1. The molecule has 2 unspecified atom stereocenters. The molecule has 3 nitrogen and oxygen atoms in total. The summed E-state index contributed by atoms with van der Waals surface area (Å²) in [6.45, 7) is 4.86. The third-order valence-electron chi connectivity index (χ3n) is 3.47. The average Bonchev–Trinajstić information content (AvgIpc) is 2.61. The van der Waals surface area contributed by atoms with E-state index in [0.29, 0.717) is 0 Å². The fourth-order valence-electron chi connectivity index (χ4n) is 2.05. The van der Waals surface area contributed by atoms with Crippen LogP contribution in [0.4, 0.5) is 0 Å². The van der Waals surface area contributed by atoms with Crippen molar-refractivity contribution in [3.8, 4) is 47.4 Å². The lowest BCUT2D eigenvalue weighted by atomic mass is 9.83. The Morgan fingerprint density at radius 1 is 1.08 bits per heavy atom. The van der Waals surface area contributed by atoms with Crippen LogP contribution in [-0.2, 0) is 9.53 Å². The Morgan fingerprint density at radius 2 is 1.73 bits per heavy atom. The molecule has 0 heterocycles. The van der Waals surface area contributed by atoms with Crippen molar-refractivity contribution >= 4 is 5.97 Å². The topological polar surface area (TPSA) is 46.5 Å². The summed E-state index contributed by atoms with van der Waals surface area (Å²) in [5, 5.41) is 9.95. The smallest absolute Gasteiger partial charge is 0.313 e. The van der Waals surface area contributed by atoms with E-state index in [9.17, 15) is 9.90 Å². The van der Waals surface area contributed by atoms with Gasteiger partial charge in [0.25, 0.3) is 0 Å². The second-order valence-corrected chi connectivity index (χ2v) is 6.07. The number of ether oxygens (including phenoxy) is 1. The van der Waals surface area contributed by atoms with Crippen molar-refractivity contribution in [1.82, 2.24) is 0 Å². The minimum atomic E-state index is -1.40. The van der Waals surface area contributed by atoms with Gasteiger partial charge in [-0.25, -0.2) is 0 Å². The molecule has 0 saturated heterocycles. The lowest BCUT2D eigenvalue weighted by Crippen LogP contribution is -2.28. The number of benzene rings is 1. The van der Waals surface area contributed by atoms with Crippen LogP contribution in [0.1, 0.15) is 39.2 Å². The number of esters is 1. The Morgan fingerprint density at radius 3 is 2.35 bits per heavy atom. The molecule has 0 saturated carbocycles. The molecule has 0 bridgehead atoms. The van der Waals surface area contributed by atoms with E-state index in [1.165, 1.54) is 14.0 Å². The summed E-state index contributed by atoms with van der Waals surface area (Å²) in [4.78, 5) is 12.1. The van der Waals surface area contributed by atoms with Crippen LogP contribution in [0.3, 0.4) is 0 Å². The molecule has 1 rings (SSSR count). The van der Waals surface area contributed by atoms with E-state index in [-0.39, 0.29) is 12.8 Å². The normalized spacial score (nSPS) is 13.4. The van der Waals surface area contributed by atoms with Gasteiger partial charge in [-0.1, -0.05) is 47.8 Å². The Hall–Kier alpha value is -3.11. The molecule has 0 aliphatic heterocycles. The molecular weight excluding hydrogens is 324 g/mol. The van der Waals surface area contributed by atoms with E-state index >= 15 is 0 Å². The molecule has 0 spiro atoms. The van der Waals surface area contributed by atoms with Crippen LogP contribution in [0.2, 0.25) is 0 Å². The third kappa shape index (κ3) is 7.20. The predicted molar refractivity (Wildman–Crippen MR) is 102 cm³/mol. The molecule has 1 N–H and O–H groups in total. The van der Waals surface area contributed by atoms with Crippen LogP contribution in [-0.4, -0.2) is 23.8 Å². The summed E-state index contributed by atoms with van der Waals surface area (Å²) in [6.07, 6.45) is 0.446. The maximum Gasteiger partial charge on any atom is 0.313 e. The number of hydrogen-bond acceptors (Lipinski definition) is 3. The van der Waals surface area contributed by atoms with Crippen LogP contribution < -0.4 is 0 Å². The van der Waals surface area contributed by atoms with Gasteiger partial charge >= 0.3 is 5.97 Å². The van der Waals surface area contributed by atoms with Crippen molar-refractivity contribution in [1.29, 1.82) is 0 Å². The summed E-state index contributed by atoms with van der Waals surface area (Å²) >= 11 is 0. The first-order valence-corrected chi connectivity index (χ1v) is 8.12. The number of hydrogen-bond donors (Lipinski definition) is 1. The zero-order valence-corrected chi connectivity index (χ0v) is 15.6. The molecule has 0 aromatic heterocycles. The van der Waals surface area contributed by atoms with E-state index < -0.39 is 17.0 Å². The van der Waals surface area contributed by atoms with Gasteiger partial charge in [-0.05, 0) is 44.7 Å². The molecule has 26 heavy (non-hydrogen) atoms. The zero-order chi connectivity index (χ0) is 19.5. The van der Waals surface area contributed by atoms with Gasteiger partial charge in [0.2, 0.25) is 0 Å². The van der Waals surface area contributed by atoms with E-state index in [2.05, 4.69) is 47.4 Å². The molecule has 0 aliphatic rings. The van der Waals surface area contributed by atoms with Crippen molar-refractivity contribution in [3.05, 3.63) is 35.9 Å². The predicted octanol–water partition coefficient (Wildman–Crippen LogP) is 2.78.